The first kappa shape index (κ1) is 15.9. The Hall–Kier alpha value is -1.55. The van der Waals surface area contributed by atoms with Gasteiger partial charge in [-0.2, -0.15) is 0 Å². The number of hydrogen-bond acceptors (Lipinski definition) is 2. The first-order valence-corrected chi connectivity index (χ1v) is 9.27. The van der Waals surface area contributed by atoms with Crippen LogP contribution < -0.4 is 5.32 Å². The molecule has 2 saturated heterocycles. The second-order valence-electron chi connectivity index (χ2n) is 7.56. The Morgan fingerprint density at radius 2 is 1.83 bits per heavy atom. The largest absolute Gasteiger partial charge is 0.356 e. The number of carbonyl (C=O) groups excluding carboxylic acids is 2. The highest BCUT2D eigenvalue weighted by Crippen LogP contribution is 2.47. The number of nitrogens with one attached hydrogen (secondary N) is 1. The smallest absolute Gasteiger partial charge is 0.233 e. The summed E-state index contributed by atoms with van der Waals surface area (Å²) in [6.45, 7) is 2.04. The van der Waals surface area contributed by atoms with Crippen LogP contribution in [0, 0.1) is 5.41 Å². The van der Waals surface area contributed by atoms with Gasteiger partial charge in [0, 0.05) is 24.7 Å². The average Bonchev–Trinajstić information content (AvgIpc) is 2.96. The van der Waals surface area contributed by atoms with Crippen molar-refractivity contribution in [3.63, 3.8) is 0 Å². The van der Waals surface area contributed by atoms with Gasteiger partial charge in [0.1, 0.15) is 0 Å². The summed E-state index contributed by atoms with van der Waals surface area (Å²) >= 11 is 6.00. The molecule has 0 aromatic heterocycles. The Bertz CT molecular complexity index is 668. The first-order chi connectivity index (χ1) is 11.6. The van der Waals surface area contributed by atoms with Crippen LogP contribution in [-0.2, 0) is 15.0 Å². The fourth-order valence-electron chi connectivity index (χ4n) is 4.59. The van der Waals surface area contributed by atoms with Gasteiger partial charge in [0.25, 0.3) is 0 Å². The van der Waals surface area contributed by atoms with Crippen molar-refractivity contribution in [2.45, 2.75) is 43.9 Å². The molecule has 1 aromatic rings. The first-order valence-electron chi connectivity index (χ1n) is 8.90. The lowest BCUT2D eigenvalue weighted by Gasteiger charge is -2.43. The van der Waals surface area contributed by atoms with E-state index in [1.54, 1.807) is 0 Å². The molecule has 0 unspecified atom stereocenters. The average molecular weight is 347 g/mol. The maximum absolute atomic E-state index is 13.3. The summed E-state index contributed by atoms with van der Waals surface area (Å²) in [6.07, 6.45) is 5.56. The van der Waals surface area contributed by atoms with Crippen LogP contribution in [0.5, 0.6) is 0 Å². The molecule has 24 heavy (non-hydrogen) atoms. The van der Waals surface area contributed by atoms with Crippen molar-refractivity contribution in [3.8, 4) is 0 Å². The Morgan fingerprint density at radius 3 is 2.46 bits per heavy atom. The number of halogens is 1. The van der Waals surface area contributed by atoms with Crippen LogP contribution in [0.25, 0.3) is 0 Å². The molecular weight excluding hydrogens is 324 g/mol. The molecular formula is C19H23ClN2O2. The van der Waals surface area contributed by atoms with Gasteiger partial charge in [-0.15, -0.1) is 0 Å². The molecule has 2 amide bonds. The van der Waals surface area contributed by atoms with E-state index in [9.17, 15) is 9.59 Å². The van der Waals surface area contributed by atoms with Crippen LogP contribution in [0.3, 0.4) is 0 Å². The fourth-order valence-corrected chi connectivity index (χ4v) is 4.72. The molecule has 1 spiro atoms. The fraction of sp³-hybridized carbons (Fsp3) is 0.579. The molecule has 0 bridgehead atoms. The minimum Gasteiger partial charge on any atom is -0.356 e. The van der Waals surface area contributed by atoms with Gasteiger partial charge in [-0.3, -0.25) is 9.59 Å². The topological polar surface area (TPSA) is 49.4 Å². The van der Waals surface area contributed by atoms with E-state index in [2.05, 4.69) is 5.32 Å². The van der Waals surface area contributed by atoms with Gasteiger partial charge in [-0.05, 0) is 49.8 Å². The minimum atomic E-state index is -0.402. The third kappa shape index (κ3) is 2.34. The third-order valence-electron chi connectivity index (χ3n) is 6.25. The number of benzene rings is 1. The summed E-state index contributed by atoms with van der Waals surface area (Å²) < 4.78 is 0. The molecule has 0 radical (unpaired) electrons. The Balaban J connectivity index is 1.57. The predicted octanol–water partition coefficient (Wildman–Crippen LogP) is 2.89. The van der Waals surface area contributed by atoms with E-state index in [0.717, 1.165) is 50.6 Å². The summed E-state index contributed by atoms with van der Waals surface area (Å²) in [5.41, 5.74) is 0.317. The van der Waals surface area contributed by atoms with Crippen molar-refractivity contribution in [2.24, 2.45) is 5.41 Å². The summed E-state index contributed by atoms with van der Waals surface area (Å²) in [4.78, 5) is 27.6. The predicted molar refractivity (Wildman–Crippen MR) is 92.9 cm³/mol. The normalized spacial score (nSPS) is 28.5. The van der Waals surface area contributed by atoms with Crippen molar-refractivity contribution >= 4 is 23.4 Å². The van der Waals surface area contributed by atoms with Crippen LogP contribution in [0.4, 0.5) is 0 Å². The Morgan fingerprint density at radius 1 is 1.08 bits per heavy atom. The summed E-state index contributed by atoms with van der Waals surface area (Å²) in [7, 11) is 0. The third-order valence-corrected chi connectivity index (χ3v) is 6.51. The molecule has 2 heterocycles. The highest BCUT2D eigenvalue weighted by atomic mass is 35.5. The van der Waals surface area contributed by atoms with E-state index in [1.807, 2.05) is 29.2 Å². The van der Waals surface area contributed by atoms with Gasteiger partial charge in [-0.1, -0.05) is 30.2 Å². The lowest BCUT2D eigenvalue weighted by molar-refractivity contribution is -0.141. The molecule has 3 fully saturated rings. The van der Waals surface area contributed by atoms with E-state index < -0.39 is 5.41 Å². The van der Waals surface area contributed by atoms with Crippen molar-refractivity contribution in [1.82, 2.24) is 10.2 Å². The van der Waals surface area contributed by atoms with Crippen LogP contribution in [0.2, 0.25) is 5.02 Å². The number of rotatable bonds is 2. The maximum atomic E-state index is 13.3. The molecule has 5 heteroatoms. The van der Waals surface area contributed by atoms with Gasteiger partial charge >= 0.3 is 0 Å². The van der Waals surface area contributed by atoms with E-state index in [0.29, 0.717) is 18.1 Å². The number of likely N-dealkylation sites (tertiary alicyclic amines) is 1. The van der Waals surface area contributed by atoms with Crippen molar-refractivity contribution in [3.05, 3.63) is 34.9 Å². The zero-order chi connectivity index (χ0) is 16.8. The molecule has 1 atom stereocenters. The number of carbonyl (C=O) groups is 2. The van der Waals surface area contributed by atoms with Gasteiger partial charge in [-0.25, -0.2) is 0 Å². The van der Waals surface area contributed by atoms with E-state index in [-0.39, 0.29) is 17.2 Å². The van der Waals surface area contributed by atoms with Crippen LogP contribution in [0.15, 0.2) is 24.3 Å². The number of nitrogens with zero attached hydrogens (tertiary/aromatic N) is 1. The Kier molecular flexibility index (Phi) is 3.83. The molecule has 4 nitrogen and oxygen atoms in total. The van der Waals surface area contributed by atoms with Crippen LogP contribution >= 0.6 is 11.6 Å². The molecule has 2 aliphatic heterocycles. The molecule has 1 aliphatic carbocycles. The Labute approximate surface area is 147 Å². The zero-order valence-corrected chi connectivity index (χ0v) is 14.6. The standard InChI is InChI=1S/C19H23ClN2O2/c20-15-5-3-14(4-6-15)19(8-1-9-19)17(24)22-12-10-18(13-22)7-2-11-21-16(18)23/h3-6H,1-2,7-13H2,(H,21,23)/t18-/m0/s1. The van der Waals surface area contributed by atoms with Crippen molar-refractivity contribution in [1.29, 1.82) is 0 Å². The molecule has 4 rings (SSSR count). The summed E-state index contributed by atoms with van der Waals surface area (Å²) in [5, 5.41) is 3.68. The lowest BCUT2D eigenvalue weighted by atomic mass is 9.63. The van der Waals surface area contributed by atoms with Crippen LogP contribution in [0.1, 0.15) is 44.1 Å². The van der Waals surface area contributed by atoms with Gasteiger partial charge < -0.3 is 10.2 Å². The second-order valence-corrected chi connectivity index (χ2v) is 8.00. The quantitative estimate of drug-likeness (QED) is 0.895. The molecule has 1 N–H and O–H groups in total. The SMILES string of the molecule is O=C(N1CC[C@@]2(CCCNC2=O)C1)C1(c2ccc(Cl)cc2)CCC1. The van der Waals surface area contributed by atoms with Crippen LogP contribution in [-0.4, -0.2) is 36.3 Å². The van der Waals surface area contributed by atoms with E-state index in [1.165, 1.54) is 0 Å². The molecule has 1 saturated carbocycles. The lowest BCUT2D eigenvalue weighted by Crippen LogP contribution is -2.52. The van der Waals surface area contributed by atoms with Crippen molar-refractivity contribution < 1.29 is 9.59 Å². The summed E-state index contributed by atoms with van der Waals surface area (Å²) in [5.74, 6) is 0.338. The van der Waals surface area contributed by atoms with Crippen molar-refractivity contribution in [2.75, 3.05) is 19.6 Å². The van der Waals surface area contributed by atoms with Gasteiger partial charge in [0.05, 0.1) is 10.8 Å². The zero-order valence-electron chi connectivity index (χ0n) is 13.8. The second kappa shape index (κ2) is 5.76. The van der Waals surface area contributed by atoms with E-state index in [4.69, 9.17) is 11.6 Å². The minimum absolute atomic E-state index is 0.137. The number of piperidine rings is 1. The van der Waals surface area contributed by atoms with E-state index >= 15 is 0 Å². The monoisotopic (exact) mass is 346 g/mol. The number of hydrogen-bond donors (Lipinski definition) is 1. The number of amides is 2. The molecule has 3 aliphatic rings. The summed E-state index contributed by atoms with van der Waals surface area (Å²) in [6, 6.07) is 7.70. The highest BCUT2D eigenvalue weighted by molar-refractivity contribution is 6.30. The maximum Gasteiger partial charge on any atom is 0.233 e. The molecule has 1 aromatic carbocycles. The molecule has 128 valence electrons. The van der Waals surface area contributed by atoms with Gasteiger partial charge in [0.2, 0.25) is 11.8 Å². The van der Waals surface area contributed by atoms with Gasteiger partial charge in [0.15, 0.2) is 0 Å². The highest BCUT2D eigenvalue weighted by Gasteiger charge is 2.53.